The second-order valence-corrected chi connectivity index (χ2v) is 9.89. The highest BCUT2D eigenvalue weighted by Crippen LogP contribution is 2.27. The largest absolute Gasteiger partial charge is 0.338 e. The third-order valence-corrected chi connectivity index (χ3v) is 6.97. The summed E-state index contributed by atoms with van der Waals surface area (Å²) in [6, 6.07) is 6.87. The Balaban J connectivity index is 1.42. The summed E-state index contributed by atoms with van der Waals surface area (Å²) in [7, 11) is -2.77. The number of piperazine rings is 1. The first kappa shape index (κ1) is 18.3. The Bertz CT molecular complexity index is 1040. The molecule has 3 aromatic rings. The van der Waals surface area contributed by atoms with Gasteiger partial charge in [-0.05, 0) is 24.6 Å². The van der Waals surface area contributed by atoms with Gasteiger partial charge in [0.25, 0.3) is 0 Å². The zero-order valence-corrected chi connectivity index (χ0v) is 17.0. The molecule has 3 heterocycles. The summed E-state index contributed by atoms with van der Waals surface area (Å²) in [5, 5.41) is 0. The van der Waals surface area contributed by atoms with Crippen LogP contribution in [0.2, 0.25) is 0 Å². The Kier molecular flexibility index (Phi) is 4.83. The summed E-state index contributed by atoms with van der Waals surface area (Å²) in [6.45, 7) is 5.76. The van der Waals surface area contributed by atoms with E-state index in [1.807, 2.05) is 5.51 Å². The molecular weight excluding hydrogens is 380 g/mol. The van der Waals surface area contributed by atoms with Crippen LogP contribution in [0.4, 0.5) is 5.95 Å². The summed E-state index contributed by atoms with van der Waals surface area (Å²) in [4.78, 5) is 18.0. The normalized spacial score (nSPS) is 19.1. The number of rotatable bonds is 4. The Morgan fingerprint density at radius 3 is 2.52 bits per heavy atom. The van der Waals surface area contributed by atoms with Crippen LogP contribution in [0, 0.1) is 4.78 Å². The zero-order chi connectivity index (χ0) is 19.0. The molecule has 0 saturated carbocycles. The van der Waals surface area contributed by atoms with Gasteiger partial charge in [0, 0.05) is 50.9 Å². The first-order valence-electron chi connectivity index (χ1n) is 8.80. The summed E-state index contributed by atoms with van der Waals surface area (Å²) in [5.74, 6) is 0.638. The number of fused-ring (bicyclic) bond motifs is 1. The number of hydrogen-bond acceptors (Lipinski definition) is 8. The minimum absolute atomic E-state index is 0.328. The van der Waals surface area contributed by atoms with Crippen molar-refractivity contribution in [2.75, 3.05) is 37.3 Å². The molecule has 9 heteroatoms. The van der Waals surface area contributed by atoms with E-state index in [4.69, 9.17) is 4.78 Å². The van der Waals surface area contributed by atoms with Crippen molar-refractivity contribution >= 4 is 37.2 Å². The lowest BCUT2D eigenvalue weighted by molar-refractivity contribution is 0.198. The molecule has 0 amide bonds. The molecule has 1 aliphatic heterocycles. The quantitative estimate of drug-likeness (QED) is 0.722. The maximum atomic E-state index is 11.8. The molecule has 7 nitrogen and oxygen atoms in total. The Morgan fingerprint density at radius 1 is 1.15 bits per heavy atom. The molecule has 2 aromatic heterocycles. The predicted molar refractivity (Wildman–Crippen MR) is 109 cm³/mol. The molecule has 1 N–H and O–H groups in total. The van der Waals surface area contributed by atoms with E-state index >= 15 is 0 Å². The fourth-order valence-electron chi connectivity index (χ4n) is 3.33. The Labute approximate surface area is 163 Å². The molecule has 2 atom stereocenters. The second kappa shape index (κ2) is 7.14. The molecule has 0 aliphatic carbocycles. The highest BCUT2D eigenvalue weighted by Gasteiger charge is 2.23. The van der Waals surface area contributed by atoms with E-state index in [0.29, 0.717) is 16.9 Å². The standard InChI is InChI=1S/C18H22N6OS2/c1-13(14-3-4-17-16(9-14)22-12-26-17)23-5-7-24(8-6-23)18-20-10-15(11-21-18)27(2,19)25/h3-4,9-13,19H,5-8H2,1-2H3/t13?,27-/m1/s1. The molecule has 1 aromatic carbocycles. The second-order valence-electron chi connectivity index (χ2n) is 6.84. The van der Waals surface area contributed by atoms with Gasteiger partial charge in [0.1, 0.15) is 0 Å². The Hall–Kier alpha value is -2.10. The van der Waals surface area contributed by atoms with Gasteiger partial charge < -0.3 is 4.90 Å². The molecule has 1 aliphatic rings. The third-order valence-electron chi connectivity index (χ3n) is 5.05. The van der Waals surface area contributed by atoms with Crippen molar-refractivity contribution < 1.29 is 4.21 Å². The van der Waals surface area contributed by atoms with Crippen molar-refractivity contribution in [2.45, 2.75) is 17.9 Å². The molecule has 0 spiro atoms. The van der Waals surface area contributed by atoms with Crippen LogP contribution in [0.25, 0.3) is 10.2 Å². The van der Waals surface area contributed by atoms with Gasteiger partial charge >= 0.3 is 0 Å². The van der Waals surface area contributed by atoms with Crippen LogP contribution < -0.4 is 4.90 Å². The number of benzene rings is 1. The van der Waals surface area contributed by atoms with Crippen LogP contribution in [-0.4, -0.2) is 56.5 Å². The summed E-state index contributed by atoms with van der Waals surface area (Å²) < 4.78 is 20.6. The highest BCUT2D eigenvalue weighted by atomic mass is 32.2. The van der Waals surface area contributed by atoms with Crippen LogP contribution in [-0.2, 0) is 9.73 Å². The molecule has 1 fully saturated rings. The van der Waals surface area contributed by atoms with E-state index in [2.05, 4.69) is 49.9 Å². The molecule has 1 saturated heterocycles. The average molecular weight is 403 g/mol. The first-order valence-corrected chi connectivity index (χ1v) is 11.6. The van der Waals surface area contributed by atoms with E-state index in [9.17, 15) is 4.21 Å². The molecule has 27 heavy (non-hydrogen) atoms. The minimum Gasteiger partial charge on any atom is -0.338 e. The molecule has 0 radical (unpaired) electrons. The number of anilines is 1. The minimum atomic E-state index is -2.77. The Morgan fingerprint density at radius 2 is 1.85 bits per heavy atom. The van der Waals surface area contributed by atoms with E-state index < -0.39 is 9.73 Å². The lowest BCUT2D eigenvalue weighted by Gasteiger charge is -2.38. The fourth-order valence-corrected chi connectivity index (χ4v) is 4.50. The van der Waals surface area contributed by atoms with Gasteiger partial charge in [-0.1, -0.05) is 6.07 Å². The van der Waals surface area contributed by atoms with Gasteiger partial charge in [-0.15, -0.1) is 11.3 Å². The number of hydrogen-bond donors (Lipinski definition) is 1. The number of thiazole rings is 1. The van der Waals surface area contributed by atoms with Crippen molar-refractivity contribution in [3.8, 4) is 0 Å². The van der Waals surface area contributed by atoms with Crippen molar-refractivity contribution in [3.63, 3.8) is 0 Å². The van der Waals surface area contributed by atoms with Crippen LogP contribution in [0.5, 0.6) is 0 Å². The highest BCUT2D eigenvalue weighted by molar-refractivity contribution is 7.91. The third kappa shape index (κ3) is 3.80. The molecular formula is C18H22N6OS2. The van der Waals surface area contributed by atoms with E-state index in [-0.39, 0.29) is 0 Å². The monoisotopic (exact) mass is 402 g/mol. The predicted octanol–water partition coefficient (Wildman–Crippen LogP) is 3.00. The number of aromatic nitrogens is 3. The van der Waals surface area contributed by atoms with Crippen LogP contribution >= 0.6 is 11.3 Å². The summed E-state index contributed by atoms with van der Waals surface area (Å²) >= 11 is 1.67. The van der Waals surface area contributed by atoms with Crippen molar-refractivity contribution in [1.29, 1.82) is 4.78 Å². The molecule has 142 valence electrons. The first-order chi connectivity index (χ1) is 12.9. The fraction of sp³-hybridized carbons (Fsp3) is 0.389. The van der Waals surface area contributed by atoms with E-state index in [1.54, 1.807) is 11.3 Å². The number of nitrogens with zero attached hydrogens (tertiary/aromatic N) is 5. The van der Waals surface area contributed by atoms with Gasteiger partial charge in [-0.2, -0.15) is 0 Å². The average Bonchev–Trinajstić information content (AvgIpc) is 3.15. The van der Waals surface area contributed by atoms with Gasteiger partial charge in [-0.25, -0.2) is 23.9 Å². The van der Waals surface area contributed by atoms with Gasteiger partial charge in [-0.3, -0.25) is 4.90 Å². The van der Waals surface area contributed by atoms with Crippen LogP contribution in [0.3, 0.4) is 0 Å². The van der Waals surface area contributed by atoms with Gasteiger partial charge in [0.15, 0.2) is 0 Å². The SMILES string of the molecule is CC(c1ccc2scnc2c1)N1CCN(c2ncc([S@](C)(=N)=O)cn2)CC1. The van der Waals surface area contributed by atoms with Gasteiger partial charge in [0.2, 0.25) is 5.95 Å². The zero-order valence-electron chi connectivity index (χ0n) is 15.3. The van der Waals surface area contributed by atoms with E-state index in [1.165, 1.54) is 28.9 Å². The van der Waals surface area contributed by atoms with Gasteiger partial charge in [0.05, 0.1) is 30.4 Å². The smallest absolute Gasteiger partial charge is 0.225 e. The topological polar surface area (TPSA) is 86.1 Å². The van der Waals surface area contributed by atoms with Crippen molar-refractivity contribution in [1.82, 2.24) is 19.9 Å². The molecule has 4 rings (SSSR count). The summed E-state index contributed by atoms with van der Waals surface area (Å²) in [5.41, 5.74) is 4.25. The van der Waals surface area contributed by atoms with Crippen LogP contribution in [0.15, 0.2) is 41.0 Å². The maximum Gasteiger partial charge on any atom is 0.225 e. The lowest BCUT2D eigenvalue weighted by Crippen LogP contribution is -2.47. The molecule has 0 bridgehead atoms. The number of nitrogens with one attached hydrogen (secondary N) is 1. The van der Waals surface area contributed by atoms with Crippen molar-refractivity contribution in [3.05, 3.63) is 41.7 Å². The van der Waals surface area contributed by atoms with Crippen LogP contribution in [0.1, 0.15) is 18.5 Å². The summed E-state index contributed by atoms with van der Waals surface area (Å²) in [6.07, 6.45) is 4.40. The van der Waals surface area contributed by atoms with E-state index in [0.717, 1.165) is 31.7 Å². The van der Waals surface area contributed by atoms with Crippen molar-refractivity contribution in [2.24, 2.45) is 0 Å². The maximum absolute atomic E-state index is 11.8. The lowest BCUT2D eigenvalue weighted by atomic mass is 10.1. The molecule has 1 unspecified atom stereocenters.